The average molecular weight is 254 g/mol. The maximum absolute atomic E-state index is 9.13. The highest BCUT2D eigenvalue weighted by Gasteiger charge is 2.47. The number of hydrogen-bond acceptors (Lipinski definition) is 3. The van der Waals surface area contributed by atoms with Gasteiger partial charge in [0, 0.05) is 12.2 Å². The van der Waals surface area contributed by atoms with Crippen molar-refractivity contribution < 1.29 is 0 Å². The molecule has 0 radical (unpaired) electrons. The first kappa shape index (κ1) is 12.0. The third-order valence-electron chi connectivity index (χ3n) is 3.85. The minimum Gasteiger partial charge on any atom is -0.336 e. The highest BCUT2D eigenvalue weighted by atomic mass is 15.4. The summed E-state index contributed by atoms with van der Waals surface area (Å²) in [5.74, 6) is 0. The number of hydrogen-bond donors (Lipinski definition) is 0. The van der Waals surface area contributed by atoms with Crippen molar-refractivity contribution in [2.45, 2.75) is 45.2 Å². The van der Waals surface area contributed by atoms with Crippen LogP contribution in [0.5, 0.6) is 0 Å². The molecule has 1 aliphatic carbocycles. The summed E-state index contributed by atoms with van der Waals surface area (Å²) < 4.78 is 1.93. The van der Waals surface area contributed by atoms with E-state index in [1.807, 2.05) is 10.9 Å². The van der Waals surface area contributed by atoms with E-state index in [9.17, 15) is 0 Å². The van der Waals surface area contributed by atoms with Crippen molar-refractivity contribution in [2.75, 3.05) is 0 Å². The minimum absolute atomic E-state index is 0.377. The van der Waals surface area contributed by atoms with E-state index >= 15 is 0 Å². The Bertz CT molecular complexity index is 592. The molecule has 1 aromatic rings. The van der Waals surface area contributed by atoms with Gasteiger partial charge in [-0.15, -0.1) is 0 Å². The van der Waals surface area contributed by atoms with Crippen LogP contribution in [0.2, 0.25) is 0 Å². The molecule has 19 heavy (non-hydrogen) atoms. The third-order valence-corrected chi connectivity index (χ3v) is 3.85. The first-order valence-corrected chi connectivity index (χ1v) is 6.77. The Balaban J connectivity index is 1.95. The second-order valence-electron chi connectivity index (χ2n) is 5.50. The predicted molar refractivity (Wildman–Crippen MR) is 73.0 cm³/mol. The average Bonchev–Trinajstić information content (AvgIpc) is 2.80. The van der Waals surface area contributed by atoms with Crippen molar-refractivity contribution in [3.8, 4) is 6.07 Å². The van der Waals surface area contributed by atoms with Gasteiger partial charge in [-0.3, -0.25) is 4.68 Å². The monoisotopic (exact) mass is 254 g/mol. The van der Waals surface area contributed by atoms with Gasteiger partial charge in [-0.1, -0.05) is 6.92 Å². The van der Waals surface area contributed by atoms with Gasteiger partial charge in [0.15, 0.2) is 0 Å². The van der Waals surface area contributed by atoms with Gasteiger partial charge in [0.25, 0.3) is 0 Å². The van der Waals surface area contributed by atoms with Crippen LogP contribution >= 0.6 is 0 Å². The molecule has 98 valence electrons. The number of nitriles is 1. The highest BCUT2D eigenvalue weighted by Crippen LogP contribution is 2.50. The van der Waals surface area contributed by atoms with E-state index in [-0.39, 0.29) is 5.54 Å². The smallest absolute Gasteiger partial charge is 0.116 e. The number of aromatic nitrogens is 2. The van der Waals surface area contributed by atoms with Crippen LogP contribution in [0.3, 0.4) is 0 Å². The largest absolute Gasteiger partial charge is 0.336 e. The summed E-state index contributed by atoms with van der Waals surface area (Å²) in [6, 6.07) is 2.78. The summed E-state index contributed by atoms with van der Waals surface area (Å²) in [7, 11) is 0. The van der Waals surface area contributed by atoms with E-state index in [1.54, 1.807) is 0 Å². The molecule has 2 heterocycles. The van der Waals surface area contributed by atoms with Gasteiger partial charge in [0.1, 0.15) is 5.54 Å². The Morgan fingerprint density at radius 2 is 2.05 bits per heavy atom. The van der Waals surface area contributed by atoms with E-state index < -0.39 is 0 Å². The molecule has 0 bridgehead atoms. The Hall–Kier alpha value is -2.02. The topological polar surface area (TPSA) is 44.6 Å². The van der Waals surface area contributed by atoms with Gasteiger partial charge in [-0.25, -0.2) is 0 Å². The van der Waals surface area contributed by atoms with E-state index in [0.717, 1.165) is 6.42 Å². The highest BCUT2D eigenvalue weighted by molar-refractivity contribution is 5.57. The minimum atomic E-state index is -0.377. The third kappa shape index (κ3) is 1.69. The molecule has 2 aliphatic rings. The number of fused-ring (bicyclic) bond motifs is 1. The maximum Gasteiger partial charge on any atom is 0.116 e. The zero-order valence-electron chi connectivity index (χ0n) is 11.6. The second-order valence-corrected chi connectivity index (χ2v) is 5.50. The second kappa shape index (κ2) is 3.99. The van der Waals surface area contributed by atoms with Crippen LogP contribution in [0.4, 0.5) is 0 Å². The molecule has 1 aromatic heterocycles. The van der Waals surface area contributed by atoms with Crippen LogP contribution in [-0.4, -0.2) is 20.7 Å². The maximum atomic E-state index is 9.13. The standard InChI is InChI=1S/C15H18N4/c1-4-12-9-17-18(10-12)15(5-6-16)7-13-14(8-15)19(13)11(2)3/h7-11H,4-5H2,1-3H3. The van der Waals surface area contributed by atoms with Gasteiger partial charge in [-0.05, 0) is 38.0 Å². The van der Waals surface area contributed by atoms with Crippen LogP contribution in [0, 0.1) is 11.3 Å². The molecule has 4 nitrogen and oxygen atoms in total. The van der Waals surface area contributed by atoms with Crippen LogP contribution in [-0.2, 0) is 12.0 Å². The van der Waals surface area contributed by atoms with Gasteiger partial charge in [0.2, 0.25) is 0 Å². The summed E-state index contributed by atoms with van der Waals surface area (Å²) in [5.41, 5.74) is 3.35. The predicted octanol–water partition coefficient (Wildman–Crippen LogP) is 2.56. The van der Waals surface area contributed by atoms with E-state index in [4.69, 9.17) is 5.26 Å². The zero-order chi connectivity index (χ0) is 13.6. The van der Waals surface area contributed by atoms with Gasteiger partial charge >= 0.3 is 0 Å². The molecule has 1 fully saturated rings. The normalized spacial score (nSPS) is 19.0. The molecule has 0 amide bonds. The lowest BCUT2D eigenvalue weighted by molar-refractivity contribution is 0.406. The Labute approximate surface area is 113 Å². The summed E-state index contributed by atoms with van der Waals surface area (Å²) >= 11 is 0. The summed E-state index contributed by atoms with van der Waals surface area (Å²) in [4.78, 5) is 2.29. The number of nitrogens with zero attached hydrogens (tertiary/aromatic N) is 4. The summed E-state index contributed by atoms with van der Waals surface area (Å²) in [6.07, 6.45) is 9.69. The van der Waals surface area contributed by atoms with Gasteiger partial charge in [-0.2, -0.15) is 10.4 Å². The molecular formula is C15H18N4. The Kier molecular flexibility index (Phi) is 2.53. The molecule has 0 aromatic carbocycles. The molecule has 1 saturated heterocycles. The first-order chi connectivity index (χ1) is 9.11. The van der Waals surface area contributed by atoms with Crippen LogP contribution in [0.25, 0.3) is 0 Å². The Morgan fingerprint density at radius 1 is 1.37 bits per heavy atom. The lowest BCUT2D eigenvalue weighted by Gasteiger charge is -2.24. The molecule has 1 aliphatic heterocycles. The molecule has 0 unspecified atom stereocenters. The van der Waals surface area contributed by atoms with Gasteiger partial charge < -0.3 is 4.90 Å². The molecule has 0 spiro atoms. The molecule has 0 atom stereocenters. The van der Waals surface area contributed by atoms with Crippen molar-refractivity contribution in [3.63, 3.8) is 0 Å². The van der Waals surface area contributed by atoms with Crippen LogP contribution in [0.1, 0.15) is 32.8 Å². The van der Waals surface area contributed by atoms with E-state index in [1.165, 1.54) is 17.0 Å². The first-order valence-electron chi connectivity index (χ1n) is 6.77. The van der Waals surface area contributed by atoms with Crippen LogP contribution < -0.4 is 0 Å². The summed E-state index contributed by atoms with van der Waals surface area (Å²) in [5, 5.41) is 13.6. The summed E-state index contributed by atoms with van der Waals surface area (Å²) in [6.45, 7) is 6.46. The van der Waals surface area contributed by atoms with Gasteiger partial charge in [0.05, 0.1) is 30.1 Å². The lowest BCUT2D eigenvalue weighted by atomic mass is 9.97. The van der Waals surface area contributed by atoms with Crippen molar-refractivity contribution in [1.82, 2.24) is 14.7 Å². The van der Waals surface area contributed by atoms with E-state index in [0.29, 0.717) is 12.5 Å². The van der Waals surface area contributed by atoms with Crippen molar-refractivity contribution in [1.29, 1.82) is 5.26 Å². The zero-order valence-corrected chi connectivity index (χ0v) is 11.6. The Morgan fingerprint density at radius 3 is 2.53 bits per heavy atom. The molecule has 0 saturated carbocycles. The van der Waals surface area contributed by atoms with Crippen LogP contribution in [0.15, 0.2) is 35.9 Å². The molecule has 4 heteroatoms. The van der Waals surface area contributed by atoms with E-state index in [2.05, 4.69) is 55.2 Å². The fraction of sp³-hybridized carbons (Fsp3) is 0.467. The molecule has 3 rings (SSSR count). The molecule has 0 N–H and O–H groups in total. The fourth-order valence-electron chi connectivity index (χ4n) is 2.78. The lowest BCUT2D eigenvalue weighted by Crippen LogP contribution is -2.30. The fourth-order valence-corrected chi connectivity index (χ4v) is 2.78. The number of rotatable bonds is 4. The number of aryl methyl sites for hydroxylation is 1. The quantitative estimate of drug-likeness (QED) is 0.776. The molecular weight excluding hydrogens is 236 g/mol. The number of allylic oxidation sites excluding steroid dienone is 2. The SMILES string of the molecule is CCc1cnn(C2(CC#N)C=C3C(=C2)N3C(C)C)c1. The van der Waals surface area contributed by atoms with Crippen molar-refractivity contribution in [2.24, 2.45) is 0 Å². The van der Waals surface area contributed by atoms with Crippen molar-refractivity contribution >= 4 is 0 Å². The van der Waals surface area contributed by atoms with Crippen molar-refractivity contribution in [3.05, 3.63) is 41.5 Å².